The Bertz CT molecular complexity index is 1080. The van der Waals surface area contributed by atoms with Crippen molar-refractivity contribution >= 4 is 32.9 Å². The summed E-state index contributed by atoms with van der Waals surface area (Å²) in [5.74, 6) is -0.403. The van der Waals surface area contributed by atoms with Gasteiger partial charge in [0.05, 0.1) is 15.5 Å². The van der Waals surface area contributed by atoms with Gasteiger partial charge >= 0.3 is 5.51 Å². The molecule has 0 radical (unpaired) electrons. The monoisotopic (exact) mass is 415 g/mol. The highest BCUT2D eigenvalue weighted by Gasteiger charge is 2.46. The first-order valence-corrected chi connectivity index (χ1v) is 9.73. The van der Waals surface area contributed by atoms with E-state index in [1.807, 2.05) is 19.1 Å². The molecule has 27 heavy (non-hydrogen) atoms. The summed E-state index contributed by atoms with van der Waals surface area (Å²) in [5.41, 5.74) is -4.70. The van der Waals surface area contributed by atoms with Crippen LogP contribution in [0.2, 0.25) is 0 Å². The van der Waals surface area contributed by atoms with Gasteiger partial charge in [-0.15, -0.1) is 11.3 Å². The molecule has 0 fully saturated rings. The zero-order valence-electron chi connectivity index (χ0n) is 13.7. The average Bonchev–Trinajstić information content (AvgIpc) is 3.23. The van der Waals surface area contributed by atoms with E-state index in [9.17, 15) is 26.4 Å². The van der Waals surface area contributed by atoms with E-state index in [2.05, 4.69) is 15.5 Å². The zero-order chi connectivity index (χ0) is 19.8. The summed E-state index contributed by atoms with van der Waals surface area (Å²) in [6.45, 7) is 1.95. The van der Waals surface area contributed by atoms with E-state index in [1.165, 1.54) is 0 Å². The Morgan fingerprint density at radius 2 is 1.81 bits per heavy atom. The van der Waals surface area contributed by atoms with E-state index in [0.717, 1.165) is 34.0 Å². The van der Waals surface area contributed by atoms with Crippen LogP contribution in [-0.2, 0) is 9.84 Å². The molecule has 142 valence electrons. The molecular formula is C16H12F3N3O3S2. The molecule has 0 spiro atoms. The first-order valence-electron chi connectivity index (χ1n) is 7.43. The van der Waals surface area contributed by atoms with Gasteiger partial charge in [-0.3, -0.25) is 9.89 Å². The second-order valence-corrected chi connectivity index (χ2v) is 8.73. The van der Waals surface area contributed by atoms with Gasteiger partial charge in [0.25, 0.3) is 15.7 Å². The maximum atomic E-state index is 12.5. The van der Waals surface area contributed by atoms with E-state index in [-0.39, 0.29) is 11.4 Å². The maximum absolute atomic E-state index is 12.5. The summed E-state index contributed by atoms with van der Waals surface area (Å²) >= 11 is 1.54. The van der Waals surface area contributed by atoms with Crippen molar-refractivity contribution in [1.29, 1.82) is 0 Å². The maximum Gasteiger partial charge on any atom is 0.501 e. The predicted molar refractivity (Wildman–Crippen MR) is 94.3 cm³/mol. The van der Waals surface area contributed by atoms with Crippen LogP contribution in [0.4, 0.5) is 19.0 Å². The molecule has 0 aliphatic rings. The van der Waals surface area contributed by atoms with Crippen LogP contribution in [0, 0.1) is 6.92 Å². The van der Waals surface area contributed by atoms with E-state index in [4.69, 9.17) is 0 Å². The molecule has 0 aliphatic heterocycles. The molecule has 3 rings (SSSR count). The van der Waals surface area contributed by atoms with Gasteiger partial charge in [-0.25, -0.2) is 8.42 Å². The van der Waals surface area contributed by atoms with Crippen LogP contribution < -0.4 is 5.32 Å². The second kappa shape index (κ2) is 6.82. The molecule has 0 unspecified atom stereocenters. The molecule has 0 saturated carbocycles. The van der Waals surface area contributed by atoms with Gasteiger partial charge in [0.15, 0.2) is 5.82 Å². The van der Waals surface area contributed by atoms with Gasteiger partial charge in [0.2, 0.25) is 0 Å². The second-order valence-electron chi connectivity index (χ2n) is 5.50. The largest absolute Gasteiger partial charge is 0.501 e. The molecule has 6 nitrogen and oxygen atoms in total. The fraction of sp³-hybridized carbons (Fsp3) is 0.125. The van der Waals surface area contributed by atoms with Gasteiger partial charge in [-0.1, -0.05) is 0 Å². The van der Waals surface area contributed by atoms with Crippen LogP contribution in [0.5, 0.6) is 0 Å². The predicted octanol–water partition coefficient (Wildman–Crippen LogP) is 3.99. The van der Waals surface area contributed by atoms with Gasteiger partial charge in [-0.05, 0) is 43.3 Å². The number of thiophene rings is 1. The van der Waals surface area contributed by atoms with Crippen molar-refractivity contribution in [3.05, 3.63) is 52.9 Å². The summed E-state index contributed by atoms with van der Waals surface area (Å²) < 4.78 is 60.2. The Balaban J connectivity index is 1.75. The fourth-order valence-corrected chi connectivity index (χ4v) is 3.79. The number of alkyl halides is 3. The Hall–Kier alpha value is -2.66. The van der Waals surface area contributed by atoms with Crippen molar-refractivity contribution in [3.8, 4) is 10.6 Å². The number of hydrogen-bond donors (Lipinski definition) is 2. The highest BCUT2D eigenvalue weighted by molar-refractivity contribution is 7.92. The Kier molecular flexibility index (Phi) is 4.82. The third kappa shape index (κ3) is 3.88. The van der Waals surface area contributed by atoms with Crippen LogP contribution in [0.15, 0.2) is 47.4 Å². The number of hydrogen-bond acceptors (Lipinski definition) is 5. The molecule has 1 amide bonds. The van der Waals surface area contributed by atoms with Gasteiger partial charge < -0.3 is 5.32 Å². The highest BCUT2D eigenvalue weighted by Crippen LogP contribution is 2.30. The number of amides is 1. The smallest absolute Gasteiger partial charge is 0.305 e. The SMILES string of the molecule is Cc1ccc(-c2cc(NC(=O)c3ccc(S(=O)(=O)C(F)(F)F)cc3)n[nH]2)s1. The summed E-state index contributed by atoms with van der Waals surface area (Å²) in [4.78, 5) is 13.3. The number of halogens is 3. The van der Waals surface area contributed by atoms with Crippen molar-refractivity contribution < 1.29 is 26.4 Å². The lowest BCUT2D eigenvalue weighted by molar-refractivity contribution is -0.0436. The van der Waals surface area contributed by atoms with Crippen LogP contribution in [0.1, 0.15) is 15.2 Å². The number of aromatic amines is 1. The minimum Gasteiger partial charge on any atom is -0.305 e. The van der Waals surface area contributed by atoms with E-state index in [0.29, 0.717) is 5.69 Å². The summed E-state index contributed by atoms with van der Waals surface area (Å²) in [6.07, 6.45) is 0. The Morgan fingerprint density at radius 1 is 1.15 bits per heavy atom. The van der Waals surface area contributed by atoms with Crippen molar-refractivity contribution in [1.82, 2.24) is 10.2 Å². The third-order valence-electron chi connectivity index (χ3n) is 3.56. The summed E-state index contributed by atoms with van der Waals surface area (Å²) in [5, 5.41) is 9.24. The zero-order valence-corrected chi connectivity index (χ0v) is 15.3. The molecular weight excluding hydrogens is 403 g/mol. The quantitative estimate of drug-likeness (QED) is 0.674. The van der Waals surface area contributed by atoms with E-state index in [1.54, 1.807) is 17.4 Å². The number of aromatic nitrogens is 2. The Morgan fingerprint density at radius 3 is 2.37 bits per heavy atom. The number of rotatable bonds is 4. The fourth-order valence-electron chi connectivity index (χ4n) is 2.20. The first kappa shape index (κ1) is 19.1. The number of nitrogens with one attached hydrogen (secondary N) is 2. The normalized spacial score (nSPS) is 12.1. The van der Waals surface area contributed by atoms with Gasteiger partial charge in [0, 0.05) is 16.5 Å². The number of carbonyl (C=O) groups is 1. The number of anilines is 1. The number of carbonyl (C=O) groups excluding carboxylic acids is 1. The van der Waals surface area contributed by atoms with Gasteiger partial charge in [0.1, 0.15) is 0 Å². The molecule has 2 heterocycles. The number of H-pyrrole nitrogens is 1. The minimum absolute atomic E-state index is 0.00681. The van der Waals surface area contributed by atoms with Crippen molar-refractivity contribution in [3.63, 3.8) is 0 Å². The molecule has 2 N–H and O–H groups in total. The molecule has 2 aromatic heterocycles. The van der Waals surface area contributed by atoms with Crippen LogP contribution in [-0.4, -0.2) is 30.0 Å². The van der Waals surface area contributed by atoms with Crippen LogP contribution in [0.3, 0.4) is 0 Å². The topological polar surface area (TPSA) is 91.9 Å². The molecule has 11 heteroatoms. The van der Waals surface area contributed by atoms with Crippen molar-refractivity contribution in [2.24, 2.45) is 0 Å². The number of sulfone groups is 1. The molecule has 0 bridgehead atoms. The lowest BCUT2D eigenvalue weighted by Gasteiger charge is -2.08. The lowest BCUT2D eigenvalue weighted by atomic mass is 10.2. The number of benzene rings is 1. The lowest BCUT2D eigenvalue weighted by Crippen LogP contribution is -2.23. The Labute approximate surface area is 156 Å². The number of nitrogens with zero attached hydrogens (tertiary/aromatic N) is 1. The molecule has 1 aromatic carbocycles. The first-order chi connectivity index (χ1) is 12.6. The molecule has 0 atom stereocenters. The average molecular weight is 415 g/mol. The highest BCUT2D eigenvalue weighted by atomic mass is 32.2. The molecule has 0 saturated heterocycles. The number of aryl methyl sites for hydroxylation is 1. The van der Waals surface area contributed by atoms with Crippen molar-refractivity contribution in [2.45, 2.75) is 17.3 Å². The van der Waals surface area contributed by atoms with E-state index < -0.39 is 26.1 Å². The van der Waals surface area contributed by atoms with Crippen LogP contribution >= 0.6 is 11.3 Å². The molecule has 3 aromatic rings. The minimum atomic E-state index is -5.45. The molecule has 0 aliphatic carbocycles. The third-order valence-corrected chi connectivity index (χ3v) is 6.09. The summed E-state index contributed by atoms with van der Waals surface area (Å²) in [6, 6.07) is 8.94. The van der Waals surface area contributed by atoms with Crippen molar-refractivity contribution in [2.75, 3.05) is 5.32 Å². The van der Waals surface area contributed by atoms with E-state index >= 15 is 0 Å². The van der Waals surface area contributed by atoms with Crippen LogP contribution in [0.25, 0.3) is 10.6 Å². The van der Waals surface area contributed by atoms with Gasteiger partial charge in [-0.2, -0.15) is 18.3 Å². The standard InChI is InChI=1S/C16H12F3N3O3S2/c1-9-2-7-13(26-9)12-8-14(22-21-12)20-15(23)10-3-5-11(6-4-10)27(24,25)16(17,18)19/h2-8H,1H3,(H2,20,21,22,23). The summed E-state index contributed by atoms with van der Waals surface area (Å²) in [7, 11) is -5.45.